The summed E-state index contributed by atoms with van der Waals surface area (Å²) in [5.41, 5.74) is 0.736. The minimum Gasteiger partial charge on any atom is -0.490 e. The van der Waals surface area contributed by atoms with E-state index >= 15 is 0 Å². The van der Waals surface area contributed by atoms with Gasteiger partial charge >= 0.3 is 0 Å². The molecule has 0 aromatic heterocycles. The third-order valence-corrected chi connectivity index (χ3v) is 6.82. The highest BCUT2D eigenvalue weighted by Crippen LogP contribution is 2.30. The van der Waals surface area contributed by atoms with Gasteiger partial charge in [0.15, 0.2) is 0 Å². The van der Waals surface area contributed by atoms with Crippen molar-refractivity contribution < 1.29 is 19.1 Å². The maximum atomic E-state index is 13.4. The highest BCUT2D eigenvalue weighted by atomic mass is 35.5. The van der Waals surface area contributed by atoms with Gasteiger partial charge in [0.05, 0.1) is 11.7 Å². The van der Waals surface area contributed by atoms with Crippen molar-refractivity contribution in [1.29, 1.82) is 0 Å². The Labute approximate surface area is 221 Å². The lowest BCUT2D eigenvalue weighted by Gasteiger charge is -2.24. The molecule has 2 unspecified atom stereocenters. The predicted octanol–water partition coefficient (Wildman–Crippen LogP) is 8.17. The number of Topliss-reactive ketones (excluding diaryl/α,β-unsaturated/α-hetero) is 1. The molecule has 0 aliphatic carbocycles. The molecule has 198 valence electrons. The lowest BCUT2D eigenvalue weighted by Crippen LogP contribution is -2.46. The summed E-state index contributed by atoms with van der Waals surface area (Å²) in [6, 6.07) is 15.7. The van der Waals surface area contributed by atoms with E-state index in [1.165, 1.54) is 64.9 Å². The summed E-state index contributed by atoms with van der Waals surface area (Å²) in [6.45, 7) is 4.25. The number of ketones is 1. The van der Waals surface area contributed by atoms with Crippen molar-refractivity contribution in [3.8, 4) is 5.75 Å². The van der Waals surface area contributed by atoms with E-state index in [1.807, 2.05) is 13.0 Å². The van der Waals surface area contributed by atoms with E-state index in [1.54, 1.807) is 48.5 Å². The van der Waals surface area contributed by atoms with Gasteiger partial charge in [-0.2, -0.15) is 0 Å². The maximum absolute atomic E-state index is 13.4. The Bertz CT molecular complexity index is 920. The molecule has 2 rings (SSSR count). The van der Waals surface area contributed by atoms with Crippen molar-refractivity contribution in [2.75, 3.05) is 12.4 Å². The first-order chi connectivity index (χ1) is 17.4. The number of hydrogen-bond donors (Lipinski definition) is 1. The maximum Gasteiger partial charge on any atom is 0.285 e. The topological polar surface area (TPSA) is 64.6 Å². The SMILES string of the molecule is CCCCCCCCCCCCC(C)Oc1ccccc1C(=O)C(Cl)(OC)C(=O)Nc1ccccc1. The second-order valence-electron chi connectivity index (χ2n) is 9.34. The van der Waals surface area contributed by atoms with Crippen LogP contribution in [0, 0.1) is 0 Å². The molecule has 2 atom stereocenters. The fourth-order valence-corrected chi connectivity index (χ4v) is 4.30. The number of methoxy groups -OCH3 is 1. The van der Waals surface area contributed by atoms with E-state index < -0.39 is 16.8 Å². The van der Waals surface area contributed by atoms with Crippen LogP contribution < -0.4 is 10.1 Å². The number of carbonyl (C=O) groups excluding carboxylic acids is 2. The van der Waals surface area contributed by atoms with Crippen molar-refractivity contribution in [3.63, 3.8) is 0 Å². The summed E-state index contributed by atoms with van der Waals surface area (Å²) < 4.78 is 11.4. The van der Waals surface area contributed by atoms with Gasteiger partial charge < -0.3 is 14.8 Å². The molecule has 0 bridgehead atoms. The summed E-state index contributed by atoms with van der Waals surface area (Å²) >= 11 is 6.46. The van der Waals surface area contributed by atoms with Crippen LogP contribution in [0.3, 0.4) is 0 Å². The molecule has 0 heterocycles. The van der Waals surface area contributed by atoms with E-state index in [2.05, 4.69) is 12.2 Å². The molecule has 1 N–H and O–H groups in total. The van der Waals surface area contributed by atoms with Gasteiger partial charge in [-0.25, -0.2) is 0 Å². The molecule has 0 radical (unpaired) electrons. The van der Waals surface area contributed by atoms with Crippen LogP contribution in [-0.4, -0.2) is 30.0 Å². The monoisotopic (exact) mass is 515 g/mol. The average Bonchev–Trinajstić information content (AvgIpc) is 2.89. The molecule has 0 saturated heterocycles. The molecule has 2 aromatic carbocycles. The molecule has 2 aromatic rings. The Balaban J connectivity index is 1.87. The number of unbranched alkanes of at least 4 members (excludes halogenated alkanes) is 9. The van der Waals surface area contributed by atoms with E-state index in [4.69, 9.17) is 21.1 Å². The second-order valence-corrected chi connectivity index (χ2v) is 9.88. The third-order valence-electron chi connectivity index (χ3n) is 6.32. The van der Waals surface area contributed by atoms with Crippen LogP contribution in [0.2, 0.25) is 0 Å². The third kappa shape index (κ3) is 9.59. The van der Waals surface area contributed by atoms with Crippen molar-refractivity contribution >= 4 is 29.0 Å². The zero-order valence-electron chi connectivity index (χ0n) is 22.1. The molecule has 0 saturated carbocycles. The summed E-state index contributed by atoms with van der Waals surface area (Å²) in [4.78, 5) is 26.3. The Morgan fingerprint density at radius 3 is 2.03 bits per heavy atom. The van der Waals surface area contributed by atoms with E-state index in [0.717, 1.165) is 12.8 Å². The number of anilines is 1. The number of para-hydroxylation sites is 2. The minimum absolute atomic E-state index is 0.0709. The number of nitrogens with one attached hydrogen (secondary N) is 1. The standard InChI is InChI=1S/C30H42ClNO4/c1-4-5-6-7-8-9-10-11-12-14-19-24(2)36-27-23-18-17-22-26(27)28(33)30(31,35-3)29(34)32-25-20-15-13-16-21-25/h13,15-18,20-24H,4-12,14,19H2,1-3H3,(H,32,34). The number of ether oxygens (including phenoxy) is 2. The fourth-order valence-electron chi connectivity index (χ4n) is 4.15. The molecule has 36 heavy (non-hydrogen) atoms. The van der Waals surface area contributed by atoms with Crippen LogP contribution in [0.15, 0.2) is 54.6 Å². The normalized spacial score (nSPS) is 13.6. The number of amides is 1. The van der Waals surface area contributed by atoms with Crippen molar-refractivity contribution in [1.82, 2.24) is 0 Å². The van der Waals surface area contributed by atoms with Gasteiger partial charge in [0.25, 0.3) is 11.0 Å². The first kappa shape index (κ1) is 29.9. The summed E-state index contributed by atoms with van der Waals surface area (Å²) in [5, 5.41) is 0.435. The van der Waals surface area contributed by atoms with Crippen LogP contribution in [0.1, 0.15) is 94.8 Å². The number of hydrogen-bond acceptors (Lipinski definition) is 4. The van der Waals surface area contributed by atoms with Gasteiger partial charge in [-0.05, 0) is 44.0 Å². The fraction of sp³-hybridized carbons (Fsp3) is 0.533. The zero-order chi connectivity index (χ0) is 26.2. The summed E-state index contributed by atoms with van der Waals surface area (Å²) in [5.74, 6) is -1.02. The highest BCUT2D eigenvalue weighted by Gasteiger charge is 2.46. The molecule has 0 fully saturated rings. The Kier molecular flexibility index (Phi) is 13.6. The van der Waals surface area contributed by atoms with E-state index in [0.29, 0.717) is 11.4 Å². The van der Waals surface area contributed by atoms with Crippen LogP contribution in [0.4, 0.5) is 5.69 Å². The van der Waals surface area contributed by atoms with Crippen molar-refractivity contribution in [2.24, 2.45) is 0 Å². The molecule has 0 spiro atoms. The van der Waals surface area contributed by atoms with Gasteiger partial charge in [-0.1, -0.05) is 107 Å². The molecule has 6 heteroatoms. The summed E-state index contributed by atoms with van der Waals surface area (Å²) in [6.07, 6.45) is 13.6. The van der Waals surface area contributed by atoms with E-state index in [9.17, 15) is 9.59 Å². The lowest BCUT2D eigenvalue weighted by atomic mass is 10.0. The number of rotatable bonds is 18. The first-order valence-corrected chi connectivity index (χ1v) is 13.7. The molecular formula is C30H42ClNO4. The van der Waals surface area contributed by atoms with Crippen LogP contribution in [0.5, 0.6) is 5.75 Å². The minimum atomic E-state index is -2.21. The van der Waals surface area contributed by atoms with Gasteiger partial charge in [0.2, 0.25) is 5.78 Å². The van der Waals surface area contributed by atoms with Crippen molar-refractivity contribution in [2.45, 2.75) is 95.6 Å². The highest BCUT2D eigenvalue weighted by molar-refractivity contribution is 6.49. The smallest absolute Gasteiger partial charge is 0.285 e. The van der Waals surface area contributed by atoms with Gasteiger partial charge in [0, 0.05) is 12.8 Å². The molecule has 1 amide bonds. The summed E-state index contributed by atoms with van der Waals surface area (Å²) in [7, 11) is 1.24. The van der Waals surface area contributed by atoms with Gasteiger partial charge in [0.1, 0.15) is 5.75 Å². The zero-order valence-corrected chi connectivity index (χ0v) is 22.8. The first-order valence-electron chi connectivity index (χ1n) is 13.3. The van der Waals surface area contributed by atoms with Crippen LogP contribution in [0.25, 0.3) is 0 Å². The van der Waals surface area contributed by atoms with Crippen LogP contribution in [-0.2, 0) is 9.53 Å². The van der Waals surface area contributed by atoms with Gasteiger partial charge in [-0.3, -0.25) is 9.59 Å². The van der Waals surface area contributed by atoms with Gasteiger partial charge in [-0.15, -0.1) is 0 Å². The molecule has 5 nitrogen and oxygen atoms in total. The Morgan fingerprint density at radius 1 is 0.861 bits per heavy atom. The lowest BCUT2D eigenvalue weighted by molar-refractivity contribution is -0.126. The van der Waals surface area contributed by atoms with Crippen LogP contribution >= 0.6 is 11.6 Å². The molecule has 0 aliphatic heterocycles. The Morgan fingerprint density at radius 2 is 1.42 bits per heavy atom. The molecule has 0 aliphatic rings. The number of alkyl halides is 1. The Hall–Kier alpha value is -2.37. The number of benzene rings is 2. The largest absolute Gasteiger partial charge is 0.490 e. The average molecular weight is 516 g/mol. The predicted molar refractivity (Wildman–Crippen MR) is 148 cm³/mol. The quantitative estimate of drug-likeness (QED) is 0.0940. The van der Waals surface area contributed by atoms with Crippen molar-refractivity contribution in [3.05, 3.63) is 60.2 Å². The number of carbonyl (C=O) groups is 2. The molecular weight excluding hydrogens is 474 g/mol. The van der Waals surface area contributed by atoms with E-state index in [-0.39, 0.29) is 11.7 Å². The number of halogens is 1. The second kappa shape index (κ2) is 16.4.